The SMILES string of the molecule is CCC(C)N(C)c1nc(COC)c(CNC(C)(C)C)s1. The van der Waals surface area contributed by atoms with Crippen LogP contribution < -0.4 is 10.2 Å². The summed E-state index contributed by atoms with van der Waals surface area (Å²) < 4.78 is 5.28. The molecule has 5 heteroatoms. The Bertz CT molecular complexity index is 412. The number of hydrogen-bond donors (Lipinski definition) is 1. The molecule has 0 radical (unpaired) electrons. The minimum Gasteiger partial charge on any atom is -0.378 e. The highest BCUT2D eigenvalue weighted by Gasteiger charge is 2.18. The zero-order chi connectivity index (χ0) is 15.3. The van der Waals surface area contributed by atoms with Crippen molar-refractivity contribution in [3.05, 3.63) is 10.6 Å². The lowest BCUT2D eigenvalue weighted by Crippen LogP contribution is -2.35. The minimum atomic E-state index is 0.108. The summed E-state index contributed by atoms with van der Waals surface area (Å²) in [7, 11) is 3.84. The van der Waals surface area contributed by atoms with Gasteiger partial charge in [0.1, 0.15) is 0 Å². The summed E-state index contributed by atoms with van der Waals surface area (Å²) in [6.07, 6.45) is 1.12. The maximum atomic E-state index is 5.28. The lowest BCUT2D eigenvalue weighted by molar-refractivity contribution is 0.181. The van der Waals surface area contributed by atoms with Gasteiger partial charge in [-0.3, -0.25) is 0 Å². The van der Waals surface area contributed by atoms with Gasteiger partial charge in [-0.2, -0.15) is 0 Å². The van der Waals surface area contributed by atoms with E-state index >= 15 is 0 Å². The van der Waals surface area contributed by atoms with Gasteiger partial charge in [-0.05, 0) is 34.1 Å². The molecule has 1 rings (SSSR count). The summed E-state index contributed by atoms with van der Waals surface area (Å²) in [4.78, 5) is 8.27. The first-order valence-corrected chi connectivity index (χ1v) is 8.05. The molecule has 116 valence electrons. The fraction of sp³-hybridized carbons (Fsp3) is 0.800. The van der Waals surface area contributed by atoms with Crippen LogP contribution in [0.2, 0.25) is 0 Å². The predicted molar refractivity (Wildman–Crippen MR) is 87.6 cm³/mol. The normalized spacial score (nSPS) is 13.6. The van der Waals surface area contributed by atoms with Gasteiger partial charge in [0.15, 0.2) is 5.13 Å². The maximum Gasteiger partial charge on any atom is 0.185 e. The minimum absolute atomic E-state index is 0.108. The van der Waals surface area contributed by atoms with Crippen LogP contribution >= 0.6 is 11.3 Å². The Balaban J connectivity index is 2.89. The molecule has 0 fully saturated rings. The molecule has 0 saturated heterocycles. The number of nitrogens with zero attached hydrogens (tertiary/aromatic N) is 2. The fourth-order valence-electron chi connectivity index (χ4n) is 1.72. The lowest BCUT2D eigenvalue weighted by Gasteiger charge is -2.22. The number of nitrogens with one attached hydrogen (secondary N) is 1. The van der Waals surface area contributed by atoms with Gasteiger partial charge in [0.2, 0.25) is 0 Å². The second-order valence-electron chi connectivity index (χ2n) is 6.27. The molecule has 4 nitrogen and oxygen atoms in total. The molecule has 0 amide bonds. The zero-order valence-corrected chi connectivity index (χ0v) is 14.7. The lowest BCUT2D eigenvalue weighted by atomic mass is 10.1. The van der Waals surface area contributed by atoms with Crippen LogP contribution in [0, 0.1) is 0 Å². The molecule has 1 unspecified atom stereocenters. The Morgan fingerprint density at radius 1 is 1.40 bits per heavy atom. The van der Waals surface area contributed by atoms with Crippen LogP contribution in [0.15, 0.2) is 0 Å². The third-order valence-electron chi connectivity index (χ3n) is 3.38. The molecule has 0 saturated carbocycles. The van der Waals surface area contributed by atoms with Crippen molar-refractivity contribution in [3.8, 4) is 0 Å². The third-order valence-corrected chi connectivity index (χ3v) is 4.57. The number of thiazole rings is 1. The molecule has 0 aliphatic rings. The molecule has 1 atom stereocenters. The summed E-state index contributed by atoms with van der Waals surface area (Å²) >= 11 is 1.76. The van der Waals surface area contributed by atoms with E-state index in [4.69, 9.17) is 9.72 Å². The Kier molecular flexibility index (Phi) is 6.43. The van der Waals surface area contributed by atoms with E-state index < -0.39 is 0 Å². The van der Waals surface area contributed by atoms with Crippen LogP contribution in [0.25, 0.3) is 0 Å². The Labute approximate surface area is 127 Å². The largest absolute Gasteiger partial charge is 0.378 e. The van der Waals surface area contributed by atoms with E-state index in [0.29, 0.717) is 12.6 Å². The summed E-state index contributed by atoms with van der Waals surface area (Å²) in [5.41, 5.74) is 1.16. The first-order valence-electron chi connectivity index (χ1n) is 7.23. The van der Waals surface area contributed by atoms with E-state index in [9.17, 15) is 0 Å². The van der Waals surface area contributed by atoms with Gasteiger partial charge in [-0.15, -0.1) is 11.3 Å². The van der Waals surface area contributed by atoms with E-state index in [1.807, 2.05) is 0 Å². The van der Waals surface area contributed by atoms with E-state index in [2.05, 4.69) is 51.9 Å². The number of methoxy groups -OCH3 is 1. The van der Waals surface area contributed by atoms with Crippen LogP contribution in [0.4, 0.5) is 5.13 Å². The molecule has 0 bridgehead atoms. The van der Waals surface area contributed by atoms with Gasteiger partial charge < -0.3 is 15.0 Å². The molecule has 0 spiro atoms. The van der Waals surface area contributed by atoms with Gasteiger partial charge in [0.25, 0.3) is 0 Å². The van der Waals surface area contributed by atoms with Crippen LogP contribution in [-0.2, 0) is 17.9 Å². The molecule has 1 aromatic heterocycles. The van der Waals surface area contributed by atoms with Crippen LogP contribution in [0.3, 0.4) is 0 Å². The molecular weight excluding hydrogens is 270 g/mol. The topological polar surface area (TPSA) is 37.4 Å². The predicted octanol–water partition coefficient (Wildman–Crippen LogP) is 3.41. The second-order valence-corrected chi connectivity index (χ2v) is 7.33. The zero-order valence-electron chi connectivity index (χ0n) is 13.9. The van der Waals surface area contributed by atoms with Crippen molar-refractivity contribution in [2.24, 2.45) is 0 Å². The highest BCUT2D eigenvalue weighted by atomic mass is 32.1. The first kappa shape index (κ1) is 17.4. The molecular formula is C15H29N3OS. The fourth-order valence-corrected chi connectivity index (χ4v) is 2.78. The van der Waals surface area contributed by atoms with Crippen molar-refractivity contribution in [1.29, 1.82) is 0 Å². The van der Waals surface area contributed by atoms with Crippen molar-refractivity contribution in [3.63, 3.8) is 0 Å². The van der Waals surface area contributed by atoms with Gasteiger partial charge in [-0.1, -0.05) is 6.92 Å². The monoisotopic (exact) mass is 299 g/mol. The summed E-state index contributed by atoms with van der Waals surface area (Å²) in [6.45, 7) is 12.4. The smallest absolute Gasteiger partial charge is 0.185 e. The number of rotatable bonds is 7. The Hall–Kier alpha value is -0.650. The molecule has 1 heterocycles. The van der Waals surface area contributed by atoms with E-state index in [0.717, 1.165) is 23.8 Å². The highest BCUT2D eigenvalue weighted by molar-refractivity contribution is 7.15. The highest BCUT2D eigenvalue weighted by Crippen LogP contribution is 2.28. The van der Waals surface area contributed by atoms with Gasteiger partial charge >= 0.3 is 0 Å². The molecule has 0 aliphatic carbocycles. The molecule has 20 heavy (non-hydrogen) atoms. The first-order chi connectivity index (χ1) is 9.28. The summed E-state index contributed by atoms with van der Waals surface area (Å²) in [5, 5.41) is 4.61. The molecule has 1 N–H and O–H groups in total. The van der Waals surface area contributed by atoms with Gasteiger partial charge in [-0.25, -0.2) is 4.98 Å². The van der Waals surface area contributed by atoms with E-state index in [1.54, 1.807) is 18.4 Å². The van der Waals surface area contributed by atoms with E-state index in [-0.39, 0.29) is 5.54 Å². The van der Waals surface area contributed by atoms with Crippen LogP contribution in [0.5, 0.6) is 0 Å². The Morgan fingerprint density at radius 3 is 2.55 bits per heavy atom. The van der Waals surface area contributed by atoms with E-state index in [1.165, 1.54) is 4.88 Å². The Morgan fingerprint density at radius 2 is 2.05 bits per heavy atom. The van der Waals surface area contributed by atoms with Crippen molar-refractivity contribution >= 4 is 16.5 Å². The maximum absolute atomic E-state index is 5.28. The molecule has 0 aliphatic heterocycles. The average molecular weight is 299 g/mol. The van der Waals surface area contributed by atoms with Crippen molar-refractivity contribution in [1.82, 2.24) is 10.3 Å². The van der Waals surface area contributed by atoms with Gasteiger partial charge in [0.05, 0.1) is 12.3 Å². The van der Waals surface area contributed by atoms with Crippen molar-refractivity contribution in [2.45, 2.75) is 65.8 Å². The summed E-state index contributed by atoms with van der Waals surface area (Å²) in [6, 6.07) is 0.500. The number of aromatic nitrogens is 1. The standard InChI is InChI=1S/C15H29N3OS/c1-8-11(2)18(6)14-17-12(10-19-7)13(20-14)9-16-15(3,4)5/h11,16H,8-10H2,1-7H3. The number of ether oxygens (including phenoxy) is 1. The third kappa shape index (κ3) is 5.04. The van der Waals surface area contributed by atoms with Gasteiger partial charge in [0, 0.05) is 37.2 Å². The average Bonchev–Trinajstić information content (AvgIpc) is 2.77. The molecule has 0 aromatic carbocycles. The second kappa shape index (κ2) is 7.38. The van der Waals surface area contributed by atoms with Crippen LogP contribution in [-0.4, -0.2) is 30.7 Å². The number of hydrogen-bond acceptors (Lipinski definition) is 5. The van der Waals surface area contributed by atoms with Crippen LogP contribution in [0.1, 0.15) is 51.6 Å². The van der Waals surface area contributed by atoms with Crippen molar-refractivity contribution < 1.29 is 4.74 Å². The summed E-state index contributed by atoms with van der Waals surface area (Å²) in [5.74, 6) is 0. The quantitative estimate of drug-likeness (QED) is 0.837. The van der Waals surface area contributed by atoms with Crippen molar-refractivity contribution in [2.75, 3.05) is 19.1 Å². The molecule has 1 aromatic rings. The number of anilines is 1.